The van der Waals surface area contributed by atoms with Crippen LogP contribution in [0.25, 0.3) is 0 Å². The second kappa shape index (κ2) is 2.78. The number of rotatable bonds is 2. The highest BCUT2D eigenvalue weighted by molar-refractivity contribution is 5.67. The van der Waals surface area contributed by atoms with Crippen molar-refractivity contribution in [2.24, 2.45) is 0 Å². The van der Waals surface area contributed by atoms with E-state index >= 15 is 0 Å². The third-order valence-electron chi connectivity index (χ3n) is 0.858. The van der Waals surface area contributed by atoms with Crippen LogP contribution in [0.3, 0.4) is 0 Å². The molecule has 0 unspecified atom stereocenters. The summed E-state index contributed by atoms with van der Waals surface area (Å²) in [7, 11) is 0. The Bertz CT molecular complexity index is 253. The van der Waals surface area contributed by atoms with E-state index in [0.717, 1.165) is 0 Å². The predicted octanol–water partition coefficient (Wildman–Crippen LogP) is -1.40. The van der Waals surface area contributed by atoms with Gasteiger partial charge in [-0.15, -0.1) is 0 Å². The van der Waals surface area contributed by atoms with Crippen molar-refractivity contribution in [1.82, 2.24) is 15.0 Å². The molecule has 7 heteroatoms. The molecule has 0 aliphatic rings. The lowest BCUT2D eigenvalue weighted by Crippen LogP contribution is -2.07. The molecule has 0 saturated carbocycles. The Labute approximate surface area is 61.8 Å². The molecule has 5 N–H and O–H groups in total. The largest absolute Gasteiger partial charge is 0.368 e. The highest BCUT2D eigenvalue weighted by atomic mass is 16.3. The van der Waals surface area contributed by atoms with Gasteiger partial charge in [0, 0.05) is 0 Å². The number of hydrogen-bond acceptors (Lipinski definition) is 6. The number of nitrogen functional groups attached to an aromatic ring is 2. The lowest BCUT2D eigenvalue weighted by Gasteiger charge is -1.97. The number of nitrogens with one attached hydrogen (secondary N) is 1. The first kappa shape index (κ1) is 7.19. The van der Waals surface area contributed by atoms with Crippen LogP contribution in [-0.2, 0) is 4.79 Å². The summed E-state index contributed by atoms with van der Waals surface area (Å²) in [5, 5.41) is 2.19. The number of hydrogen-bond donors (Lipinski definition) is 3. The molecule has 0 saturated heterocycles. The second-order valence-corrected chi connectivity index (χ2v) is 1.64. The highest BCUT2D eigenvalue weighted by Gasteiger charge is 1.98. The first-order chi connectivity index (χ1) is 5.22. The summed E-state index contributed by atoms with van der Waals surface area (Å²) < 4.78 is 0. The minimum Gasteiger partial charge on any atom is -0.368 e. The number of nitrogens with two attached hydrogens (primary N) is 2. The van der Waals surface area contributed by atoms with Crippen LogP contribution in [0.2, 0.25) is 0 Å². The van der Waals surface area contributed by atoms with E-state index < -0.39 is 0 Å². The molecule has 0 aromatic carbocycles. The third-order valence-corrected chi connectivity index (χ3v) is 0.858. The van der Waals surface area contributed by atoms with E-state index in [4.69, 9.17) is 11.5 Å². The van der Waals surface area contributed by atoms with Crippen LogP contribution < -0.4 is 16.8 Å². The first-order valence-electron chi connectivity index (χ1n) is 2.69. The Kier molecular flexibility index (Phi) is 1.81. The van der Waals surface area contributed by atoms with Crippen LogP contribution in [0.1, 0.15) is 0 Å². The quantitative estimate of drug-likeness (QED) is 0.453. The topological polar surface area (TPSA) is 120 Å². The van der Waals surface area contributed by atoms with Crippen molar-refractivity contribution in [2.75, 3.05) is 16.8 Å². The van der Waals surface area contributed by atoms with Crippen LogP contribution in [-0.4, -0.2) is 21.4 Å². The van der Waals surface area contributed by atoms with E-state index in [2.05, 4.69) is 20.3 Å². The number of nitrogens with zero attached hydrogens (tertiary/aromatic N) is 3. The van der Waals surface area contributed by atoms with Crippen LogP contribution >= 0.6 is 0 Å². The SMILES string of the molecule is Nc1nc(N)nc(N[14CH]=O)n1. The summed E-state index contributed by atoms with van der Waals surface area (Å²) in [5.41, 5.74) is 10.4. The van der Waals surface area contributed by atoms with Crippen molar-refractivity contribution >= 4 is 24.3 Å². The van der Waals surface area contributed by atoms with Crippen molar-refractivity contribution in [3.63, 3.8) is 0 Å². The standard InChI is InChI=1S/C4H6N6O/c5-2-8-3(6)10-4(9-2)7-1-11/h1H,(H5,5,6,7,8,9,10,11)/i1+2. The molecule has 1 heterocycles. The van der Waals surface area contributed by atoms with Gasteiger partial charge in [-0.2, -0.15) is 15.0 Å². The minimum atomic E-state index is -0.0261. The lowest BCUT2D eigenvalue weighted by molar-refractivity contribution is -0.105. The highest BCUT2D eigenvalue weighted by Crippen LogP contribution is 2.01. The molecule has 0 radical (unpaired) electrons. The summed E-state index contributed by atoms with van der Waals surface area (Å²) in [5.74, 6) is -0.00583. The monoisotopic (exact) mass is 156 g/mol. The Hall–Kier alpha value is -1.92. The van der Waals surface area contributed by atoms with E-state index in [0.29, 0.717) is 6.41 Å². The number of anilines is 3. The fourth-order valence-electron chi connectivity index (χ4n) is 0.527. The summed E-state index contributed by atoms with van der Waals surface area (Å²) in [4.78, 5) is 20.5. The molecule has 0 aliphatic heterocycles. The molecule has 0 fully saturated rings. The molecule has 0 bridgehead atoms. The zero-order valence-corrected chi connectivity index (χ0v) is 5.48. The van der Waals surface area contributed by atoms with E-state index in [1.54, 1.807) is 0 Å². The Morgan fingerprint density at radius 1 is 1.18 bits per heavy atom. The van der Waals surface area contributed by atoms with Crippen molar-refractivity contribution in [1.29, 1.82) is 0 Å². The molecule has 1 aromatic rings. The van der Waals surface area contributed by atoms with E-state index in [1.807, 2.05) is 0 Å². The molecular weight excluding hydrogens is 150 g/mol. The van der Waals surface area contributed by atoms with Gasteiger partial charge in [-0.25, -0.2) is 0 Å². The Morgan fingerprint density at radius 2 is 1.73 bits per heavy atom. The summed E-state index contributed by atoms with van der Waals surface area (Å²) >= 11 is 0. The predicted molar refractivity (Wildman–Crippen MR) is 38.3 cm³/mol. The van der Waals surface area contributed by atoms with Gasteiger partial charge in [-0.05, 0) is 0 Å². The number of carbonyl (C=O) groups is 1. The van der Waals surface area contributed by atoms with Gasteiger partial charge in [0.05, 0.1) is 0 Å². The van der Waals surface area contributed by atoms with Crippen LogP contribution in [0.4, 0.5) is 17.8 Å². The fraction of sp³-hybridized carbons (Fsp3) is 0. The van der Waals surface area contributed by atoms with Crippen LogP contribution in [0.5, 0.6) is 0 Å². The lowest BCUT2D eigenvalue weighted by atomic mass is 10.8. The molecular formula is C4H6N6O. The van der Waals surface area contributed by atoms with Gasteiger partial charge in [0.15, 0.2) is 0 Å². The average Bonchev–Trinajstić information content (AvgIpc) is 1.85. The maximum absolute atomic E-state index is 9.90. The summed E-state index contributed by atoms with van der Waals surface area (Å²) in [6.07, 6.45) is 0.425. The Morgan fingerprint density at radius 3 is 2.18 bits per heavy atom. The van der Waals surface area contributed by atoms with Crippen molar-refractivity contribution in [2.45, 2.75) is 0 Å². The van der Waals surface area contributed by atoms with Gasteiger partial charge < -0.3 is 11.5 Å². The van der Waals surface area contributed by atoms with Gasteiger partial charge in [-0.1, -0.05) is 0 Å². The van der Waals surface area contributed by atoms with Gasteiger partial charge in [0.1, 0.15) is 0 Å². The zero-order chi connectivity index (χ0) is 8.27. The minimum absolute atomic E-state index is 0.0261. The van der Waals surface area contributed by atoms with E-state index in [9.17, 15) is 4.79 Å². The summed E-state index contributed by atoms with van der Waals surface area (Å²) in [6, 6.07) is 0. The average molecular weight is 156 g/mol. The summed E-state index contributed by atoms with van der Waals surface area (Å²) in [6.45, 7) is 0. The maximum atomic E-state index is 9.90. The van der Waals surface area contributed by atoms with Crippen molar-refractivity contribution in [3.8, 4) is 0 Å². The second-order valence-electron chi connectivity index (χ2n) is 1.64. The van der Waals surface area contributed by atoms with Gasteiger partial charge in [0.2, 0.25) is 24.3 Å². The molecule has 58 valence electrons. The van der Waals surface area contributed by atoms with E-state index in [-0.39, 0.29) is 17.8 Å². The molecule has 1 amide bonds. The molecule has 0 aliphatic carbocycles. The van der Waals surface area contributed by atoms with Crippen LogP contribution in [0.15, 0.2) is 0 Å². The van der Waals surface area contributed by atoms with Crippen molar-refractivity contribution < 1.29 is 4.79 Å². The zero-order valence-electron chi connectivity index (χ0n) is 5.48. The van der Waals surface area contributed by atoms with Gasteiger partial charge in [-0.3, -0.25) is 10.1 Å². The number of amides is 1. The first-order valence-corrected chi connectivity index (χ1v) is 2.69. The molecule has 1 rings (SSSR count). The fourth-order valence-corrected chi connectivity index (χ4v) is 0.527. The van der Waals surface area contributed by atoms with Crippen molar-refractivity contribution in [3.05, 3.63) is 0 Å². The molecule has 11 heavy (non-hydrogen) atoms. The van der Waals surface area contributed by atoms with Gasteiger partial charge >= 0.3 is 0 Å². The molecule has 0 spiro atoms. The van der Waals surface area contributed by atoms with E-state index in [1.165, 1.54) is 0 Å². The van der Waals surface area contributed by atoms with Crippen LogP contribution in [0, 0.1) is 0 Å². The Balaban J connectivity index is 2.98. The molecule has 1 aromatic heterocycles. The molecule has 7 nitrogen and oxygen atoms in total. The number of aromatic nitrogens is 3. The smallest absolute Gasteiger partial charge is 0.235 e. The van der Waals surface area contributed by atoms with Gasteiger partial charge in [0.25, 0.3) is 0 Å². The normalized spacial score (nSPS) is 9.09. The molecule has 0 atom stereocenters. The maximum Gasteiger partial charge on any atom is 0.235 e. The number of carbonyl (C=O) groups excluding carboxylic acids is 1. The third kappa shape index (κ3) is 1.75.